The maximum absolute atomic E-state index is 12.9. The minimum absolute atomic E-state index is 0.127. The summed E-state index contributed by atoms with van der Waals surface area (Å²) in [6.07, 6.45) is 0.913. The predicted molar refractivity (Wildman–Crippen MR) is 82.3 cm³/mol. The number of rotatable bonds is 4. The number of fused-ring (bicyclic) bond motifs is 1. The molecule has 0 saturated carbocycles. The highest BCUT2D eigenvalue weighted by Gasteiger charge is 2.18. The summed E-state index contributed by atoms with van der Waals surface area (Å²) >= 11 is 6.15. The molecule has 2 aromatic carbocycles. The molecule has 2 aromatic rings. The number of benzene rings is 2. The van der Waals surface area contributed by atoms with Gasteiger partial charge in [-0.15, -0.1) is 0 Å². The predicted octanol–water partition coefficient (Wildman–Crippen LogP) is 4.26. The van der Waals surface area contributed by atoms with Crippen molar-refractivity contribution in [1.82, 2.24) is 5.32 Å². The second kappa shape index (κ2) is 6.04. The van der Waals surface area contributed by atoms with Crippen molar-refractivity contribution in [3.8, 4) is 5.75 Å². The zero-order valence-corrected chi connectivity index (χ0v) is 12.6. The Labute approximate surface area is 128 Å². The summed E-state index contributed by atoms with van der Waals surface area (Å²) < 4.78 is 18.6. The van der Waals surface area contributed by atoms with Gasteiger partial charge in [0.25, 0.3) is 0 Å². The Morgan fingerprint density at radius 3 is 2.81 bits per heavy atom. The monoisotopic (exact) mass is 305 g/mol. The van der Waals surface area contributed by atoms with Crippen LogP contribution in [0.1, 0.15) is 29.7 Å². The highest BCUT2D eigenvalue weighted by molar-refractivity contribution is 6.30. The average Bonchev–Trinajstić information content (AvgIpc) is 2.93. The van der Waals surface area contributed by atoms with Gasteiger partial charge >= 0.3 is 0 Å². The number of halogens is 2. The van der Waals surface area contributed by atoms with Crippen LogP contribution in [0.15, 0.2) is 36.4 Å². The largest absolute Gasteiger partial charge is 0.493 e. The van der Waals surface area contributed by atoms with Crippen molar-refractivity contribution < 1.29 is 9.13 Å². The van der Waals surface area contributed by atoms with Gasteiger partial charge in [0, 0.05) is 29.6 Å². The molecule has 0 amide bonds. The Hall–Kier alpha value is -1.58. The summed E-state index contributed by atoms with van der Waals surface area (Å²) in [6.45, 7) is 3.44. The van der Waals surface area contributed by atoms with Gasteiger partial charge < -0.3 is 10.1 Å². The normalized spacial score (nSPS) is 14.6. The Balaban J connectivity index is 1.72. The second-order valence-electron chi connectivity index (χ2n) is 5.31. The van der Waals surface area contributed by atoms with Crippen LogP contribution in [0.25, 0.3) is 0 Å². The molecule has 1 N–H and O–H groups in total. The number of hydrogen-bond acceptors (Lipinski definition) is 2. The standard InChI is InChI=1S/C17H17ClFNO/c1-11(12-2-4-16(19)5-3-12)20-10-14-9-15(18)8-13-6-7-21-17(13)14/h2-5,8-9,11,20H,6-7,10H2,1H3/t11-/m0/s1. The molecule has 21 heavy (non-hydrogen) atoms. The summed E-state index contributed by atoms with van der Waals surface area (Å²) in [6, 6.07) is 10.6. The molecule has 0 aliphatic carbocycles. The molecule has 0 aromatic heterocycles. The van der Waals surface area contributed by atoms with E-state index < -0.39 is 0 Å². The van der Waals surface area contributed by atoms with Gasteiger partial charge in [0.05, 0.1) is 6.61 Å². The molecule has 3 rings (SSSR count). The van der Waals surface area contributed by atoms with Crippen LogP contribution in [0.3, 0.4) is 0 Å². The van der Waals surface area contributed by atoms with E-state index in [1.54, 1.807) is 12.1 Å². The van der Waals surface area contributed by atoms with E-state index in [1.807, 2.05) is 12.1 Å². The fourth-order valence-electron chi connectivity index (χ4n) is 2.61. The maximum Gasteiger partial charge on any atom is 0.127 e. The summed E-state index contributed by atoms with van der Waals surface area (Å²) in [5.74, 6) is 0.741. The molecule has 1 aliphatic rings. The quantitative estimate of drug-likeness (QED) is 0.911. The van der Waals surface area contributed by atoms with Gasteiger partial charge in [-0.1, -0.05) is 23.7 Å². The van der Waals surface area contributed by atoms with Gasteiger partial charge in [0.2, 0.25) is 0 Å². The maximum atomic E-state index is 12.9. The van der Waals surface area contributed by atoms with Crippen LogP contribution < -0.4 is 10.1 Å². The first kappa shape index (κ1) is 14.4. The van der Waals surface area contributed by atoms with Crippen molar-refractivity contribution in [2.75, 3.05) is 6.61 Å². The molecule has 4 heteroatoms. The van der Waals surface area contributed by atoms with E-state index >= 15 is 0 Å². The van der Waals surface area contributed by atoms with Crippen molar-refractivity contribution in [3.63, 3.8) is 0 Å². The summed E-state index contributed by atoms with van der Waals surface area (Å²) in [5, 5.41) is 4.17. The fraction of sp³-hybridized carbons (Fsp3) is 0.294. The summed E-state index contributed by atoms with van der Waals surface area (Å²) in [4.78, 5) is 0. The van der Waals surface area contributed by atoms with E-state index in [9.17, 15) is 4.39 Å². The third-order valence-corrected chi connectivity index (χ3v) is 4.01. The first-order chi connectivity index (χ1) is 10.1. The molecule has 0 unspecified atom stereocenters. The molecular weight excluding hydrogens is 289 g/mol. The van der Waals surface area contributed by atoms with Gasteiger partial charge in [0.1, 0.15) is 11.6 Å². The van der Waals surface area contributed by atoms with E-state index in [2.05, 4.69) is 12.2 Å². The molecule has 1 aliphatic heterocycles. The van der Waals surface area contributed by atoms with E-state index in [0.717, 1.165) is 34.9 Å². The summed E-state index contributed by atoms with van der Waals surface area (Å²) in [5.41, 5.74) is 3.30. The number of nitrogens with one attached hydrogen (secondary N) is 1. The van der Waals surface area contributed by atoms with Crippen LogP contribution in [0, 0.1) is 5.82 Å². The zero-order valence-electron chi connectivity index (χ0n) is 11.8. The molecule has 0 bridgehead atoms. The number of hydrogen-bond donors (Lipinski definition) is 1. The van der Waals surface area contributed by atoms with Gasteiger partial charge in [-0.3, -0.25) is 0 Å². The van der Waals surface area contributed by atoms with E-state index in [-0.39, 0.29) is 11.9 Å². The van der Waals surface area contributed by atoms with Crippen molar-refractivity contribution in [2.45, 2.75) is 25.9 Å². The lowest BCUT2D eigenvalue weighted by molar-refractivity contribution is 0.351. The van der Waals surface area contributed by atoms with E-state index in [0.29, 0.717) is 6.54 Å². The van der Waals surface area contributed by atoms with Gasteiger partial charge in [-0.05, 0) is 42.3 Å². The van der Waals surface area contributed by atoms with Crippen LogP contribution in [0.5, 0.6) is 5.75 Å². The Morgan fingerprint density at radius 2 is 2.05 bits per heavy atom. The molecule has 0 saturated heterocycles. The molecule has 2 nitrogen and oxygen atoms in total. The van der Waals surface area contributed by atoms with E-state index in [4.69, 9.17) is 16.3 Å². The van der Waals surface area contributed by atoms with Crippen LogP contribution in [-0.2, 0) is 13.0 Å². The molecule has 0 radical (unpaired) electrons. The highest BCUT2D eigenvalue weighted by atomic mass is 35.5. The SMILES string of the molecule is C[C@H](NCc1cc(Cl)cc2c1OCC2)c1ccc(F)cc1. The third-order valence-electron chi connectivity index (χ3n) is 3.79. The highest BCUT2D eigenvalue weighted by Crippen LogP contribution is 2.33. The molecular formula is C17H17ClFNO. The molecule has 1 heterocycles. The third kappa shape index (κ3) is 3.20. The van der Waals surface area contributed by atoms with E-state index in [1.165, 1.54) is 17.7 Å². The average molecular weight is 306 g/mol. The Kier molecular flexibility index (Phi) is 4.13. The summed E-state index contributed by atoms with van der Waals surface area (Å²) in [7, 11) is 0. The topological polar surface area (TPSA) is 21.3 Å². The fourth-order valence-corrected chi connectivity index (χ4v) is 2.87. The second-order valence-corrected chi connectivity index (χ2v) is 5.74. The lowest BCUT2D eigenvalue weighted by atomic mass is 10.1. The van der Waals surface area contributed by atoms with Crippen molar-refractivity contribution in [1.29, 1.82) is 0 Å². The Morgan fingerprint density at radius 1 is 1.29 bits per heavy atom. The molecule has 0 fully saturated rings. The van der Waals surface area contributed by atoms with Crippen LogP contribution in [0.2, 0.25) is 5.02 Å². The zero-order chi connectivity index (χ0) is 14.8. The van der Waals surface area contributed by atoms with Gasteiger partial charge in [-0.25, -0.2) is 4.39 Å². The lowest BCUT2D eigenvalue weighted by Gasteiger charge is -2.16. The minimum Gasteiger partial charge on any atom is -0.493 e. The van der Waals surface area contributed by atoms with Crippen molar-refractivity contribution in [3.05, 3.63) is 63.9 Å². The molecule has 1 atom stereocenters. The lowest BCUT2D eigenvalue weighted by Crippen LogP contribution is -2.18. The first-order valence-corrected chi connectivity index (χ1v) is 7.44. The van der Waals surface area contributed by atoms with Gasteiger partial charge in [-0.2, -0.15) is 0 Å². The van der Waals surface area contributed by atoms with Crippen molar-refractivity contribution in [2.24, 2.45) is 0 Å². The van der Waals surface area contributed by atoms with Crippen molar-refractivity contribution >= 4 is 11.6 Å². The van der Waals surface area contributed by atoms with Crippen LogP contribution in [-0.4, -0.2) is 6.61 Å². The minimum atomic E-state index is -0.216. The smallest absolute Gasteiger partial charge is 0.127 e. The van der Waals surface area contributed by atoms with Crippen LogP contribution >= 0.6 is 11.6 Å². The molecule has 110 valence electrons. The Bertz CT molecular complexity index is 642. The van der Waals surface area contributed by atoms with Crippen LogP contribution in [0.4, 0.5) is 4.39 Å². The van der Waals surface area contributed by atoms with Gasteiger partial charge in [0.15, 0.2) is 0 Å². The number of ether oxygens (including phenoxy) is 1. The first-order valence-electron chi connectivity index (χ1n) is 7.06. The molecule has 0 spiro atoms.